The van der Waals surface area contributed by atoms with Crippen molar-refractivity contribution in [3.8, 4) is 5.75 Å². The van der Waals surface area contributed by atoms with E-state index in [4.69, 9.17) is 14.2 Å². The number of halogens is 1. The van der Waals surface area contributed by atoms with Crippen molar-refractivity contribution in [3.05, 3.63) is 70.7 Å². The second kappa shape index (κ2) is 11.0. The molecule has 0 unspecified atom stereocenters. The molecular formula is C25H27FN2O6. The minimum atomic E-state index is -0.613. The van der Waals surface area contributed by atoms with Crippen molar-refractivity contribution in [2.45, 2.75) is 32.5 Å². The zero-order valence-corrected chi connectivity index (χ0v) is 19.5. The van der Waals surface area contributed by atoms with Gasteiger partial charge in [0.05, 0.1) is 31.4 Å². The van der Waals surface area contributed by atoms with E-state index in [9.17, 15) is 18.8 Å². The lowest BCUT2D eigenvalue weighted by Gasteiger charge is -2.45. The van der Waals surface area contributed by atoms with E-state index in [-0.39, 0.29) is 41.5 Å². The Bertz CT molecular complexity index is 1060. The molecular weight excluding hydrogens is 443 g/mol. The van der Waals surface area contributed by atoms with Gasteiger partial charge in [0.2, 0.25) is 0 Å². The Balaban J connectivity index is 1.75. The Morgan fingerprint density at radius 2 is 1.62 bits per heavy atom. The van der Waals surface area contributed by atoms with Gasteiger partial charge in [-0.3, -0.25) is 4.90 Å². The fourth-order valence-electron chi connectivity index (χ4n) is 3.89. The highest BCUT2D eigenvalue weighted by molar-refractivity contribution is 5.96. The van der Waals surface area contributed by atoms with Crippen LogP contribution in [-0.2, 0) is 20.8 Å². The summed E-state index contributed by atoms with van der Waals surface area (Å²) in [6.07, 6.45) is 0. The molecule has 9 heteroatoms. The molecule has 0 N–H and O–H groups in total. The molecule has 0 bridgehead atoms. The SMILES string of the molecule is COC(=O)c1cc(OCN2C[C@@H](C)N(Cc3ccc(F)cc3)C(=C=O)[C@@H]2C)cc(C(=O)OC)c1. The molecule has 2 atom stereocenters. The number of hydrogen-bond donors (Lipinski definition) is 0. The Kier molecular flexibility index (Phi) is 8.04. The van der Waals surface area contributed by atoms with Crippen LogP contribution in [0.3, 0.4) is 0 Å². The largest absolute Gasteiger partial charge is 0.478 e. The second-order valence-electron chi connectivity index (χ2n) is 8.04. The second-order valence-corrected chi connectivity index (χ2v) is 8.04. The van der Waals surface area contributed by atoms with Gasteiger partial charge in [-0.1, -0.05) is 12.1 Å². The first-order valence-electron chi connectivity index (χ1n) is 10.7. The third-order valence-electron chi connectivity index (χ3n) is 5.80. The summed E-state index contributed by atoms with van der Waals surface area (Å²) in [6.45, 7) is 4.99. The first kappa shape index (κ1) is 25.0. The highest BCUT2D eigenvalue weighted by Gasteiger charge is 2.34. The van der Waals surface area contributed by atoms with E-state index in [0.717, 1.165) is 5.56 Å². The summed E-state index contributed by atoms with van der Waals surface area (Å²) in [7, 11) is 2.49. The van der Waals surface area contributed by atoms with Crippen LogP contribution >= 0.6 is 0 Å². The molecule has 180 valence electrons. The molecule has 3 rings (SSSR count). The van der Waals surface area contributed by atoms with Crippen molar-refractivity contribution in [2.75, 3.05) is 27.5 Å². The molecule has 0 spiro atoms. The lowest BCUT2D eigenvalue weighted by Crippen LogP contribution is -2.55. The van der Waals surface area contributed by atoms with Crippen molar-refractivity contribution >= 4 is 17.9 Å². The van der Waals surface area contributed by atoms with Gasteiger partial charge in [-0.15, -0.1) is 0 Å². The van der Waals surface area contributed by atoms with Crippen LogP contribution in [0.25, 0.3) is 0 Å². The van der Waals surface area contributed by atoms with Crippen LogP contribution < -0.4 is 4.74 Å². The van der Waals surface area contributed by atoms with Crippen molar-refractivity contribution < 1.29 is 33.0 Å². The van der Waals surface area contributed by atoms with Crippen LogP contribution in [0.4, 0.5) is 4.39 Å². The predicted octanol–water partition coefficient (Wildman–Crippen LogP) is 3.05. The number of carbonyl (C=O) groups is 2. The molecule has 0 radical (unpaired) electrons. The Morgan fingerprint density at radius 1 is 1.03 bits per heavy atom. The van der Waals surface area contributed by atoms with Gasteiger partial charge in [0.15, 0.2) is 0 Å². The minimum absolute atomic E-state index is 0.0478. The van der Waals surface area contributed by atoms with Crippen LogP contribution in [0.2, 0.25) is 0 Å². The number of nitrogens with zero attached hydrogens (tertiary/aromatic N) is 2. The van der Waals surface area contributed by atoms with Crippen LogP contribution in [0.15, 0.2) is 48.2 Å². The summed E-state index contributed by atoms with van der Waals surface area (Å²) < 4.78 is 28.7. The molecule has 34 heavy (non-hydrogen) atoms. The summed E-state index contributed by atoms with van der Waals surface area (Å²) in [5, 5.41) is 0. The van der Waals surface area contributed by atoms with E-state index < -0.39 is 11.9 Å². The first-order valence-corrected chi connectivity index (χ1v) is 10.7. The third kappa shape index (κ3) is 5.62. The molecule has 1 aliphatic rings. The fraction of sp³-hybridized carbons (Fsp3) is 0.360. The standard InChI is InChI=1S/C25H27FN2O6/c1-16-12-27(17(2)23(14-29)28(16)13-18-5-7-21(26)8-6-18)15-34-22-10-19(24(30)32-3)9-20(11-22)25(31)33-4/h5-11,16-17H,12-13,15H2,1-4H3/t16-,17+/m1/s1. The smallest absolute Gasteiger partial charge is 0.338 e. The third-order valence-corrected chi connectivity index (χ3v) is 5.80. The zero-order chi connectivity index (χ0) is 24.8. The molecule has 2 aromatic rings. The van der Waals surface area contributed by atoms with Crippen molar-refractivity contribution in [1.82, 2.24) is 9.80 Å². The van der Waals surface area contributed by atoms with Crippen LogP contribution in [-0.4, -0.2) is 67.3 Å². The molecule has 2 aromatic carbocycles. The quantitative estimate of drug-likeness (QED) is 0.451. The molecule has 0 saturated carbocycles. The average molecular weight is 470 g/mol. The lowest BCUT2D eigenvalue weighted by atomic mass is 10.0. The van der Waals surface area contributed by atoms with Gasteiger partial charge in [-0.2, -0.15) is 0 Å². The lowest BCUT2D eigenvalue weighted by molar-refractivity contribution is 0.0284. The minimum Gasteiger partial charge on any atom is -0.478 e. The Labute approximate surface area is 197 Å². The summed E-state index contributed by atoms with van der Waals surface area (Å²) in [5.41, 5.74) is 1.65. The number of esters is 2. The van der Waals surface area contributed by atoms with E-state index in [1.807, 2.05) is 23.6 Å². The van der Waals surface area contributed by atoms with Crippen molar-refractivity contribution in [1.29, 1.82) is 0 Å². The molecule has 0 aliphatic carbocycles. The molecule has 1 aliphatic heterocycles. The molecule has 1 saturated heterocycles. The Hall–Kier alpha value is -3.68. The number of rotatable bonds is 7. The maximum Gasteiger partial charge on any atom is 0.338 e. The van der Waals surface area contributed by atoms with Crippen molar-refractivity contribution in [2.24, 2.45) is 0 Å². The van der Waals surface area contributed by atoms with Crippen molar-refractivity contribution in [3.63, 3.8) is 0 Å². The number of ether oxygens (including phenoxy) is 3. The van der Waals surface area contributed by atoms with Gasteiger partial charge < -0.3 is 19.1 Å². The van der Waals surface area contributed by atoms with Gasteiger partial charge in [-0.25, -0.2) is 18.8 Å². The molecule has 1 heterocycles. The van der Waals surface area contributed by atoms with Gasteiger partial charge >= 0.3 is 11.9 Å². The number of carbonyl (C=O) groups excluding carboxylic acids is 3. The number of piperazine rings is 1. The first-order chi connectivity index (χ1) is 16.3. The molecule has 1 fully saturated rings. The summed E-state index contributed by atoms with van der Waals surface area (Å²) in [6, 6.07) is 10.1. The summed E-state index contributed by atoms with van der Waals surface area (Å²) in [5.74, 6) is 0.801. The number of benzene rings is 2. The Morgan fingerprint density at radius 3 is 2.15 bits per heavy atom. The fourth-order valence-corrected chi connectivity index (χ4v) is 3.89. The van der Waals surface area contributed by atoms with Gasteiger partial charge in [0.25, 0.3) is 0 Å². The van der Waals surface area contributed by atoms with E-state index in [1.54, 1.807) is 12.1 Å². The molecule has 8 nitrogen and oxygen atoms in total. The van der Waals surface area contributed by atoms with E-state index in [1.165, 1.54) is 44.6 Å². The maximum atomic E-state index is 13.2. The van der Waals surface area contributed by atoms with Gasteiger partial charge in [0.1, 0.15) is 29.9 Å². The van der Waals surface area contributed by atoms with Crippen LogP contribution in [0, 0.1) is 5.82 Å². The van der Waals surface area contributed by atoms with Gasteiger partial charge in [0, 0.05) is 19.1 Å². The van der Waals surface area contributed by atoms with E-state index in [2.05, 4.69) is 5.94 Å². The maximum absolute atomic E-state index is 13.2. The van der Waals surface area contributed by atoms with E-state index in [0.29, 0.717) is 18.8 Å². The topological polar surface area (TPSA) is 85.4 Å². The molecule has 0 amide bonds. The highest BCUT2D eigenvalue weighted by Crippen LogP contribution is 2.26. The summed E-state index contributed by atoms with van der Waals surface area (Å²) in [4.78, 5) is 39.8. The highest BCUT2D eigenvalue weighted by atomic mass is 19.1. The average Bonchev–Trinajstić information content (AvgIpc) is 2.85. The predicted molar refractivity (Wildman–Crippen MR) is 121 cm³/mol. The number of hydrogen-bond acceptors (Lipinski definition) is 8. The monoisotopic (exact) mass is 470 g/mol. The zero-order valence-electron chi connectivity index (χ0n) is 19.5. The normalized spacial score (nSPS) is 18.3. The molecule has 0 aromatic heterocycles. The van der Waals surface area contributed by atoms with Gasteiger partial charge in [-0.05, 0) is 49.7 Å². The van der Waals surface area contributed by atoms with Crippen LogP contribution in [0.5, 0.6) is 5.75 Å². The number of methoxy groups -OCH3 is 2. The summed E-state index contributed by atoms with van der Waals surface area (Å²) >= 11 is 0. The van der Waals surface area contributed by atoms with Crippen LogP contribution in [0.1, 0.15) is 40.1 Å². The van der Waals surface area contributed by atoms with E-state index >= 15 is 0 Å².